The average molecular weight is 939 g/mol. The van der Waals surface area contributed by atoms with E-state index in [2.05, 4.69) is 38.2 Å². The van der Waals surface area contributed by atoms with Gasteiger partial charge in [0.15, 0.2) is 0 Å². The average Bonchev–Trinajstić information content (AvgIpc) is 3.26. The highest BCUT2D eigenvalue weighted by molar-refractivity contribution is 7.45. The molecular weight excluding hydrogens is 832 g/mol. The molecule has 10 heteroatoms. The summed E-state index contributed by atoms with van der Waals surface area (Å²) < 4.78 is 30.1. The molecule has 0 saturated carbocycles. The number of phosphoric ester groups is 1. The summed E-state index contributed by atoms with van der Waals surface area (Å²) in [6.45, 7) is 6.83. The highest BCUT2D eigenvalue weighted by Gasteiger charge is 2.27. The normalized spacial score (nSPS) is 14.0. The van der Waals surface area contributed by atoms with Crippen molar-refractivity contribution in [2.45, 2.75) is 277 Å². The van der Waals surface area contributed by atoms with Gasteiger partial charge in [0.05, 0.1) is 33.8 Å². The van der Waals surface area contributed by atoms with Gasteiger partial charge in [-0.1, -0.05) is 219 Å². The molecule has 0 spiro atoms. The van der Waals surface area contributed by atoms with Crippen LogP contribution >= 0.6 is 7.82 Å². The molecule has 0 saturated heterocycles. The fourth-order valence-electron chi connectivity index (χ4n) is 8.05. The van der Waals surface area contributed by atoms with E-state index in [1.807, 2.05) is 33.3 Å². The van der Waals surface area contributed by atoms with Crippen LogP contribution in [0.5, 0.6) is 0 Å². The number of nitrogens with zero attached hydrogens (tertiary/aromatic N) is 1. The molecule has 0 aliphatic carbocycles. The van der Waals surface area contributed by atoms with Crippen molar-refractivity contribution in [3.05, 3.63) is 24.3 Å². The number of rotatable bonds is 50. The minimum absolute atomic E-state index is 0.0220. The van der Waals surface area contributed by atoms with E-state index < -0.39 is 20.0 Å². The quantitative estimate of drug-likeness (QED) is 0.0212. The molecule has 1 amide bonds. The smallest absolute Gasteiger partial charge is 0.306 e. The molecule has 3 atom stereocenters. The number of unbranched alkanes of at least 4 members (excludes halogenated alkanes) is 32. The maximum atomic E-state index is 13.4. The SMILES string of the molecule is CCCCCCCC/C=C\CCCCCC(=O)NC(COP(=O)([O-])OCC[N+](C)(C)C)C(/C=C/CCCCCCCCCCC)OC(=O)CCCCCCCCCCCCCCCCC. The lowest BCUT2D eigenvalue weighted by Crippen LogP contribution is -2.47. The van der Waals surface area contributed by atoms with Crippen LogP contribution in [-0.2, 0) is 27.9 Å². The molecule has 0 aromatic heterocycles. The fourth-order valence-corrected chi connectivity index (χ4v) is 8.77. The number of hydrogen-bond donors (Lipinski definition) is 1. The van der Waals surface area contributed by atoms with Crippen LogP contribution in [-0.4, -0.2) is 69.4 Å². The molecule has 0 aliphatic heterocycles. The van der Waals surface area contributed by atoms with E-state index in [9.17, 15) is 19.0 Å². The number of likely N-dealkylation sites (N-methyl/N-ethyl adjacent to an activating group) is 1. The van der Waals surface area contributed by atoms with Crippen LogP contribution in [0.15, 0.2) is 24.3 Å². The number of carbonyl (C=O) groups is 2. The van der Waals surface area contributed by atoms with Gasteiger partial charge in [-0.2, -0.15) is 0 Å². The predicted octanol–water partition coefficient (Wildman–Crippen LogP) is 15.6. The molecule has 0 aromatic rings. The summed E-state index contributed by atoms with van der Waals surface area (Å²) in [6, 6.07) is -0.888. The zero-order chi connectivity index (χ0) is 48.0. The second-order valence-electron chi connectivity index (χ2n) is 20.1. The first-order chi connectivity index (χ1) is 31.4. The Morgan fingerprint density at radius 3 is 1.32 bits per heavy atom. The van der Waals surface area contributed by atoms with Crippen LogP contribution in [0.3, 0.4) is 0 Å². The molecule has 0 aliphatic rings. The summed E-state index contributed by atoms with van der Waals surface area (Å²) >= 11 is 0. The lowest BCUT2D eigenvalue weighted by Gasteiger charge is -2.30. The van der Waals surface area contributed by atoms with Crippen molar-refractivity contribution in [3.8, 4) is 0 Å². The first-order valence-corrected chi connectivity index (χ1v) is 29.1. The Bertz CT molecular complexity index is 1170. The summed E-state index contributed by atoms with van der Waals surface area (Å²) in [7, 11) is 1.19. The molecule has 65 heavy (non-hydrogen) atoms. The van der Waals surface area contributed by atoms with Gasteiger partial charge in [0.25, 0.3) is 7.82 Å². The summed E-state index contributed by atoms with van der Waals surface area (Å²) in [5, 5.41) is 3.01. The monoisotopic (exact) mass is 939 g/mol. The summed E-state index contributed by atoms with van der Waals surface area (Å²) in [5.74, 6) is -0.551. The highest BCUT2D eigenvalue weighted by Crippen LogP contribution is 2.38. The van der Waals surface area contributed by atoms with Gasteiger partial charge in [-0.15, -0.1) is 0 Å². The lowest BCUT2D eigenvalue weighted by atomic mass is 10.0. The van der Waals surface area contributed by atoms with Crippen molar-refractivity contribution in [1.82, 2.24) is 5.32 Å². The molecule has 0 aromatic carbocycles. The number of nitrogens with one attached hydrogen (secondary N) is 1. The second-order valence-corrected chi connectivity index (χ2v) is 21.5. The number of esters is 1. The molecule has 3 unspecified atom stereocenters. The zero-order valence-corrected chi connectivity index (χ0v) is 44.6. The Morgan fingerprint density at radius 1 is 0.523 bits per heavy atom. The molecule has 0 fully saturated rings. The maximum Gasteiger partial charge on any atom is 0.306 e. The zero-order valence-electron chi connectivity index (χ0n) is 43.7. The van der Waals surface area contributed by atoms with E-state index in [-0.39, 0.29) is 31.5 Å². The van der Waals surface area contributed by atoms with E-state index in [0.717, 1.165) is 70.6 Å². The van der Waals surface area contributed by atoms with Gasteiger partial charge >= 0.3 is 5.97 Å². The maximum absolute atomic E-state index is 13.4. The van der Waals surface area contributed by atoms with Gasteiger partial charge < -0.3 is 28.5 Å². The van der Waals surface area contributed by atoms with E-state index in [1.54, 1.807) is 0 Å². The largest absolute Gasteiger partial charge is 0.756 e. The summed E-state index contributed by atoms with van der Waals surface area (Å²) in [5.41, 5.74) is 0. The number of amides is 1. The Morgan fingerprint density at radius 2 is 0.892 bits per heavy atom. The van der Waals surface area contributed by atoms with Gasteiger partial charge in [-0.25, -0.2) is 0 Å². The van der Waals surface area contributed by atoms with Crippen molar-refractivity contribution in [2.24, 2.45) is 0 Å². The Balaban J connectivity index is 5.36. The van der Waals surface area contributed by atoms with Crippen molar-refractivity contribution >= 4 is 19.7 Å². The lowest BCUT2D eigenvalue weighted by molar-refractivity contribution is -0.870. The predicted molar refractivity (Wildman–Crippen MR) is 275 cm³/mol. The molecule has 0 radical (unpaired) electrons. The first kappa shape index (κ1) is 63.5. The Kier molecular flexibility index (Phi) is 45.2. The number of hydrogen-bond acceptors (Lipinski definition) is 7. The third kappa shape index (κ3) is 47.4. The third-order valence-electron chi connectivity index (χ3n) is 12.4. The van der Waals surface area contributed by atoms with Crippen LogP contribution in [0.25, 0.3) is 0 Å². The number of phosphoric acid groups is 1. The van der Waals surface area contributed by atoms with E-state index >= 15 is 0 Å². The molecule has 384 valence electrons. The van der Waals surface area contributed by atoms with Crippen LogP contribution < -0.4 is 10.2 Å². The van der Waals surface area contributed by atoms with Gasteiger partial charge in [0.1, 0.15) is 19.3 Å². The molecule has 0 heterocycles. The van der Waals surface area contributed by atoms with Crippen LogP contribution in [0.4, 0.5) is 0 Å². The minimum Gasteiger partial charge on any atom is -0.756 e. The molecule has 1 N–H and O–H groups in total. The molecule has 0 rings (SSSR count). The van der Waals surface area contributed by atoms with E-state index in [4.69, 9.17) is 13.8 Å². The van der Waals surface area contributed by atoms with E-state index in [0.29, 0.717) is 17.4 Å². The van der Waals surface area contributed by atoms with Crippen LogP contribution in [0.1, 0.15) is 265 Å². The molecule has 0 bridgehead atoms. The summed E-state index contributed by atoms with van der Waals surface area (Å²) in [4.78, 5) is 39.7. The summed E-state index contributed by atoms with van der Waals surface area (Å²) in [6.07, 6.45) is 51.4. The number of carbonyl (C=O) groups excluding carboxylic acids is 2. The van der Waals surface area contributed by atoms with Gasteiger partial charge in [0.2, 0.25) is 5.91 Å². The van der Waals surface area contributed by atoms with Gasteiger partial charge in [-0.05, 0) is 57.4 Å². The van der Waals surface area contributed by atoms with Crippen molar-refractivity contribution < 1.29 is 37.3 Å². The van der Waals surface area contributed by atoms with Gasteiger partial charge in [-0.3, -0.25) is 14.2 Å². The second kappa shape index (κ2) is 46.2. The Labute approximate surface area is 403 Å². The first-order valence-electron chi connectivity index (χ1n) is 27.6. The topological polar surface area (TPSA) is 114 Å². The standard InChI is InChI=1S/C55H107N2O7P/c1-7-10-13-16-19-22-25-27-28-30-33-36-39-42-45-48-55(59)64-53(46-43-40-37-34-31-24-21-18-15-12-9-3)52(51-63-65(60,61)62-50-49-57(4,5)6)56-54(58)47-44-41-38-35-32-29-26-23-20-17-14-11-8-2/h29,32,43,46,52-53H,7-28,30-31,33-42,44-45,47-51H2,1-6H3,(H-,56,58,60,61)/b32-29-,46-43+. The molecular formula is C55H107N2O7P. The van der Waals surface area contributed by atoms with Crippen molar-refractivity contribution in [2.75, 3.05) is 40.9 Å². The minimum atomic E-state index is -4.69. The molecule has 9 nitrogen and oxygen atoms in total. The van der Waals surface area contributed by atoms with E-state index in [1.165, 1.54) is 161 Å². The number of quaternary nitrogens is 1. The fraction of sp³-hybridized carbons (Fsp3) is 0.891. The number of ether oxygens (including phenoxy) is 1. The Hall–Kier alpha value is -1.51. The number of allylic oxidation sites excluding steroid dienone is 3. The van der Waals surface area contributed by atoms with Crippen LogP contribution in [0.2, 0.25) is 0 Å². The van der Waals surface area contributed by atoms with Gasteiger partial charge in [0, 0.05) is 12.8 Å². The highest BCUT2D eigenvalue weighted by atomic mass is 31.2. The van der Waals surface area contributed by atoms with Crippen molar-refractivity contribution in [3.63, 3.8) is 0 Å². The van der Waals surface area contributed by atoms with Crippen molar-refractivity contribution in [1.29, 1.82) is 0 Å². The third-order valence-corrected chi connectivity index (χ3v) is 13.3. The van der Waals surface area contributed by atoms with Crippen LogP contribution in [0, 0.1) is 0 Å².